The summed E-state index contributed by atoms with van der Waals surface area (Å²) in [5.41, 5.74) is 5.57. The quantitative estimate of drug-likeness (QED) is 0.380. The molecule has 1 amide bonds. The van der Waals surface area contributed by atoms with Crippen molar-refractivity contribution in [1.29, 1.82) is 0 Å². The van der Waals surface area contributed by atoms with Crippen molar-refractivity contribution < 1.29 is 9.90 Å². The van der Waals surface area contributed by atoms with Crippen molar-refractivity contribution in [3.63, 3.8) is 0 Å². The number of hydrogen-bond donors (Lipinski definition) is 2. The molecule has 0 fully saturated rings. The molecule has 28 heavy (non-hydrogen) atoms. The molecule has 156 valence electrons. The fourth-order valence-electron chi connectivity index (χ4n) is 4.37. The van der Waals surface area contributed by atoms with E-state index in [4.69, 9.17) is 5.73 Å². The van der Waals surface area contributed by atoms with Crippen molar-refractivity contribution in [3.8, 4) is 0 Å². The number of unbranched alkanes of at least 4 members (excludes halogenated alkanes) is 11. The van der Waals surface area contributed by atoms with Crippen LogP contribution in [-0.2, 0) is 10.4 Å². The average molecular weight is 386 g/mol. The second-order valence-electron chi connectivity index (χ2n) is 8.36. The molecule has 0 aliphatic heterocycles. The van der Waals surface area contributed by atoms with Gasteiger partial charge in [-0.3, -0.25) is 4.79 Å². The summed E-state index contributed by atoms with van der Waals surface area (Å²) in [6, 6.07) is 7.50. The van der Waals surface area contributed by atoms with Gasteiger partial charge in [-0.2, -0.15) is 0 Å². The topological polar surface area (TPSA) is 63.3 Å². The van der Waals surface area contributed by atoms with E-state index in [9.17, 15) is 9.90 Å². The van der Waals surface area contributed by atoms with Crippen molar-refractivity contribution in [2.75, 3.05) is 0 Å². The zero-order chi connectivity index (χ0) is 20.2. The van der Waals surface area contributed by atoms with E-state index in [0.717, 1.165) is 24.8 Å². The minimum absolute atomic E-state index is 0.233. The minimum Gasteiger partial charge on any atom is -0.375 e. The predicted molar refractivity (Wildman–Crippen MR) is 118 cm³/mol. The van der Waals surface area contributed by atoms with Gasteiger partial charge in [0.2, 0.25) is 0 Å². The van der Waals surface area contributed by atoms with E-state index in [1.54, 1.807) is 0 Å². The molecule has 0 saturated carbocycles. The number of carbonyl (C=O) groups excluding carboxylic acids is 1. The third kappa shape index (κ3) is 6.20. The molecular weight excluding hydrogens is 346 g/mol. The van der Waals surface area contributed by atoms with E-state index >= 15 is 0 Å². The van der Waals surface area contributed by atoms with Crippen LogP contribution in [0.5, 0.6) is 0 Å². The Morgan fingerprint density at radius 2 is 1.46 bits per heavy atom. The number of rotatable bonds is 14. The van der Waals surface area contributed by atoms with Gasteiger partial charge in [-0.15, -0.1) is 0 Å². The predicted octanol–water partition coefficient (Wildman–Crippen LogP) is 6.09. The first-order valence-electron chi connectivity index (χ1n) is 11.4. The molecule has 0 bridgehead atoms. The van der Waals surface area contributed by atoms with Crippen LogP contribution in [0, 0.1) is 5.92 Å². The Bertz CT molecular complexity index is 625. The molecule has 1 aliphatic carbocycles. The lowest BCUT2D eigenvalue weighted by Crippen LogP contribution is -2.48. The first-order valence-corrected chi connectivity index (χ1v) is 11.4. The molecule has 0 saturated heterocycles. The number of carbonyl (C=O) groups is 1. The minimum atomic E-state index is -1.58. The Kier molecular flexibility index (Phi) is 9.77. The maximum atomic E-state index is 12.1. The third-order valence-corrected chi connectivity index (χ3v) is 6.16. The highest BCUT2D eigenvalue weighted by Gasteiger charge is 2.45. The molecule has 0 radical (unpaired) electrons. The summed E-state index contributed by atoms with van der Waals surface area (Å²) in [7, 11) is 0. The van der Waals surface area contributed by atoms with Crippen LogP contribution in [0.15, 0.2) is 30.3 Å². The number of benzene rings is 1. The van der Waals surface area contributed by atoms with Gasteiger partial charge in [0, 0.05) is 11.5 Å². The van der Waals surface area contributed by atoms with Crippen LogP contribution in [0.4, 0.5) is 0 Å². The Balaban J connectivity index is 1.65. The Morgan fingerprint density at radius 1 is 0.929 bits per heavy atom. The maximum absolute atomic E-state index is 12.1. The van der Waals surface area contributed by atoms with Crippen molar-refractivity contribution in [2.45, 2.75) is 96.0 Å². The summed E-state index contributed by atoms with van der Waals surface area (Å²) in [5, 5.41) is 11.1. The van der Waals surface area contributed by atoms with E-state index in [2.05, 4.69) is 6.92 Å². The van der Waals surface area contributed by atoms with Crippen LogP contribution in [0.3, 0.4) is 0 Å². The molecule has 3 N–H and O–H groups in total. The highest BCUT2D eigenvalue weighted by molar-refractivity contribution is 5.88. The smallest absolute Gasteiger partial charge is 0.254 e. The lowest BCUT2D eigenvalue weighted by Gasteiger charge is -2.36. The second-order valence-corrected chi connectivity index (χ2v) is 8.36. The lowest BCUT2D eigenvalue weighted by molar-refractivity contribution is -0.142. The third-order valence-electron chi connectivity index (χ3n) is 6.16. The van der Waals surface area contributed by atoms with Crippen LogP contribution < -0.4 is 5.73 Å². The lowest BCUT2D eigenvalue weighted by atomic mass is 9.73. The van der Waals surface area contributed by atoms with Gasteiger partial charge in [0.15, 0.2) is 5.60 Å². The number of primary amides is 1. The van der Waals surface area contributed by atoms with E-state index in [1.807, 2.05) is 36.4 Å². The number of nitrogens with two attached hydrogens (primary N) is 1. The highest BCUT2D eigenvalue weighted by atomic mass is 16.3. The van der Waals surface area contributed by atoms with E-state index in [1.165, 1.54) is 64.2 Å². The van der Waals surface area contributed by atoms with Gasteiger partial charge in [0.05, 0.1) is 0 Å². The standard InChI is InChI=1S/C25H39NO2/c1-2-3-4-5-6-7-8-9-10-11-12-13-17-22-20-19-21-16-14-15-18-23(21)25(22,28)24(26)27/h14-16,18-20,22,28H,2-13,17H2,1H3,(H2,26,27). The number of hydrogen-bond acceptors (Lipinski definition) is 2. The van der Waals surface area contributed by atoms with Gasteiger partial charge in [-0.25, -0.2) is 0 Å². The maximum Gasteiger partial charge on any atom is 0.254 e. The SMILES string of the molecule is CCCCCCCCCCCCCCC1C=Cc2ccccc2C1(O)C(N)=O. The summed E-state index contributed by atoms with van der Waals surface area (Å²) in [6.45, 7) is 2.26. The van der Waals surface area contributed by atoms with Crippen molar-refractivity contribution in [1.82, 2.24) is 0 Å². The van der Waals surface area contributed by atoms with Gasteiger partial charge in [-0.1, -0.05) is 120 Å². The summed E-state index contributed by atoms with van der Waals surface area (Å²) >= 11 is 0. The molecule has 2 unspecified atom stereocenters. The summed E-state index contributed by atoms with van der Waals surface area (Å²) in [5.74, 6) is -0.878. The molecule has 3 nitrogen and oxygen atoms in total. The fourth-order valence-corrected chi connectivity index (χ4v) is 4.37. The van der Waals surface area contributed by atoms with Crippen LogP contribution in [0.1, 0.15) is 102 Å². The second kappa shape index (κ2) is 12.1. The zero-order valence-electron chi connectivity index (χ0n) is 17.7. The fraction of sp³-hybridized carbons (Fsp3) is 0.640. The first kappa shape index (κ1) is 22.7. The molecule has 0 spiro atoms. The highest BCUT2D eigenvalue weighted by Crippen LogP contribution is 2.40. The Labute approximate surface area is 171 Å². The molecule has 2 atom stereocenters. The van der Waals surface area contributed by atoms with Crippen molar-refractivity contribution in [2.24, 2.45) is 11.7 Å². The molecular formula is C25H39NO2. The summed E-state index contributed by atoms with van der Waals surface area (Å²) in [4.78, 5) is 12.1. The van der Waals surface area contributed by atoms with Crippen molar-refractivity contribution in [3.05, 3.63) is 41.5 Å². The monoisotopic (exact) mass is 385 g/mol. The largest absolute Gasteiger partial charge is 0.375 e. The van der Waals surface area contributed by atoms with Crippen LogP contribution in [0.2, 0.25) is 0 Å². The van der Waals surface area contributed by atoms with Gasteiger partial charge < -0.3 is 10.8 Å². The molecule has 1 aromatic carbocycles. The van der Waals surface area contributed by atoms with Crippen molar-refractivity contribution >= 4 is 12.0 Å². The van der Waals surface area contributed by atoms with E-state index in [0.29, 0.717) is 5.56 Å². The summed E-state index contributed by atoms with van der Waals surface area (Å²) in [6.07, 6.45) is 20.4. The molecule has 0 aromatic heterocycles. The van der Waals surface area contributed by atoms with Gasteiger partial charge in [0.25, 0.3) is 5.91 Å². The number of aliphatic hydroxyl groups is 1. The Morgan fingerprint density at radius 3 is 2.04 bits per heavy atom. The van der Waals surface area contributed by atoms with Crippen LogP contribution in [0.25, 0.3) is 6.08 Å². The Hall–Kier alpha value is -1.61. The number of amides is 1. The molecule has 2 rings (SSSR count). The zero-order valence-corrected chi connectivity index (χ0v) is 17.7. The molecule has 1 aliphatic rings. The van der Waals surface area contributed by atoms with Gasteiger partial charge in [-0.05, 0) is 12.0 Å². The summed E-state index contributed by atoms with van der Waals surface area (Å²) < 4.78 is 0. The average Bonchev–Trinajstić information content (AvgIpc) is 2.70. The molecule has 0 heterocycles. The van der Waals surface area contributed by atoms with E-state index in [-0.39, 0.29) is 5.92 Å². The van der Waals surface area contributed by atoms with Gasteiger partial charge >= 0.3 is 0 Å². The van der Waals surface area contributed by atoms with E-state index < -0.39 is 11.5 Å². The molecule has 1 aromatic rings. The van der Waals surface area contributed by atoms with Crippen LogP contribution in [-0.4, -0.2) is 11.0 Å². The molecule has 3 heteroatoms. The van der Waals surface area contributed by atoms with Crippen LogP contribution >= 0.6 is 0 Å². The normalized spacial score (nSPS) is 20.9. The van der Waals surface area contributed by atoms with Gasteiger partial charge in [0.1, 0.15) is 0 Å². The first-order chi connectivity index (χ1) is 13.6. The number of fused-ring (bicyclic) bond motifs is 1.